The van der Waals surface area contributed by atoms with Gasteiger partial charge in [0.15, 0.2) is 0 Å². The van der Waals surface area contributed by atoms with Crippen LogP contribution < -0.4 is 10.5 Å². The first-order valence-corrected chi connectivity index (χ1v) is 6.69. The van der Waals surface area contributed by atoms with E-state index in [-0.39, 0.29) is 23.5 Å². The molecule has 4 nitrogen and oxygen atoms in total. The van der Waals surface area contributed by atoms with Crippen LogP contribution in [0, 0.1) is 6.92 Å². The zero-order valence-corrected chi connectivity index (χ0v) is 10.4. The third-order valence-electron chi connectivity index (χ3n) is 2.20. The molecule has 1 aromatic carbocycles. The number of anilines is 1. The lowest BCUT2D eigenvalue weighted by atomic mass is 10.1. The maximum atomic E-state index is 12.6. The molecule has 1 rings (SSSR count). The summed E-state index contributed by atoms with van der Waals surface area (Å²) in [5, 5.41) is 0. The van der Waals surface area contributed by atoms with E-state index < -0.39 is 21.8 Å². The number of rotatable bonds is 4. The summed E-state index contributed by atoms with van der Waals surface area (Å²) in [4.78, 5) is 0. The van der Waals surface area contributed by atoms with Crippen molar-refractivity contribution in [1.29, 1.82) is 0 Å². The van der Waals surface area contributed by atoms with Crippen LogP contribution in [0.25, 0.3) is 0 Å². The molecule has 8 heteroatoms. The zero-order valence-electron chi connectivity index (χ0n) is 9.58. The number of nitrogens with one attached hydrogen (secondary N) is 1. The summed E-state index contributed by atoms with van der Waals surface area (Å²) in [7, 11) is -3.70. The maximum absolute atomic E-state index is 12.6. The lowest BCUT2D eigenvalue weighted by Gasteiger charge is -2.13. The van der Waals surface area contributed by atoms with Crippen LogP contribution in [0.5, 0.6) is 0 Å². The van der Waals surface area contributed by atoms with Crippen LogP contribution in [-0.4, -0.2) is 20.7 Å². The van der Waals surface area contributed by atoms with Gasteiger partial charge in [-0.25, -0.2) is 8.42 Å². The molecule has 1 aromatic rings. The number of hydrogen-bond donors (Lipinski definition) is 2. The van der Waals surface area contributed by atoms with Crippen LogP contribution in [0.2, 0.25) is 0 Å². The van der Waals surface area contributed by atoms with Crippen LogP contribution in [-0.2, 0) is 16.2 Å². The van der Waals surface area contributed by atoms with Crippen molar-refractivity contribution < 1.29 is 21.6 Å². The Morgan fingerprint density at radius 3 is 2.44 bits per heavy atom. The molecule has 3 N–H and O–H groups in total. The molecule has 0 fully saturated rings. The van der Waals surface area contributed by atoms with Gasteiger partial charge in [0.05, 0.1) is 11.3 Å². The van der Waals surface area contributed by atoms with E-state index >= 15 is 0 Å². The lowest BCUT2D eigenvalue weighted by Crippen LogP contribution is -2.22. The van der Waals surface area contributed by atoms with Gasteiger partial charge >= 0.3 is 6.18 Å². The van der Waals surface area contributed by atoms with E-state index in [2.05, 4.69) is 4.72 Å². The van der Waals surface area contributed by atoms with Gasteiger partial charge in [0, 0.05) is 12.2 Å². The van der Waals surface area contributed by atoms with Gasteiger partial charge in [0.25, 0.3) is 0 Å². The Kier molecular flexibility index (Phi) is 4.23. The standard InChI is InChI=1S/C10H13F3N2O2S/c1-7-2-3-8(6-9(7)10(11,12)13)15-18(16,17)5-4-14/h2-3,6,15H,4-5,14H2,1H3. The van der Waals surface area contributed by atoms with E-state index in [1.54, 1.807) is 0 Å². The minimum absolute atomic E-state index is 0.0317. The predicted octanol–water partition coefficient (Wildman–Crippen LogP) is 1.71. The van der Waals surface area contributed by atoms with Crippen molar-refractivity contribution in [2.75, 3.05) is 17.0 Å². The Bertz CT molecular complexity index is 526. The van der Waals surface area contributed by atoms with Crippen LogP contribution >= 0.6 is 0 Å². The number of benzene rings is 1. The van der Waals surface area contributed by atoms with Crippen molar-refractivity contribution in [3.8, 4) is 0 Å². The van der Waals surface area contributed by atoms with Crippen LogP contribution in [0.1, 0.15) is 11.1 Å². The third kappa shape index (κ3) is 3.88. The van der Waals surface area contributed by atoms with E-state index in [4.69, 9.17) is 5.73 Å². The Hall–Kier alpha value is -1.28. The van der Waals surface area contributed by atoms with Crippen molar-refractivity contribution in [2.24, 2.45) is 5.73 Å². The molecule has 0 spiro atoms. The highest BCUT2D eigenvalue weighted by Gasteiger charge is 2.32. The van der Waals surface area contributed by atoms with Crippen molar-refractivity contribution in [3.63, 3.8) is 0 Å². The topological polar surface area (TPSA) is 72.2 Å². The number of sulfonamides is 1. The van der Waals surface area contributed by atoms with Crippen molar-refractivity contribution >= 4 is 15.7 Å². The van der Waals surface area contributed by atoms with Gasteiger partial charge in [-0.2, -0.15) is 13.2 Å². The summed E-state index contributed by atoms with van der Waals surface area (Å²) in [5.74, 6) is -0.345. The van der Waals surface area contributed by atoms with Crippen LogP contribution in [0.15, 0.2) is 18.2 Å². The minimum Gasteiger partial charge on any atom is -0.329 e. The molecular formula is C10H13F3N2O2S. The lowest BCUT2D eigenvalue weighted by molar-refractivity contribution is -0.138. The van der Waals surface area contributed by atoms with E-state index in [1.165, 1.54) is 19.1 Å². The van der Waals surface area contributed by atoms with Gasteiger partial charge in [-0.05, 0) is 24.6 Å². The summed E-state index contributed by atoms with van der Waals surface area (Å²) in [5.41, 5.74) is 4.14. The minimum atomic E-state index is -4.51. The Labute approximate surface area is 103 Å². The second kappa shape index (κ2) is 5.15. The molecule has 0 aliphatic rings. The molecule has 0 radical (unpaired) electrons. The van der Waals surface area contributed by atoms with Crippen molar-refractivity contribution in [2.45, 2.75) is 13.1 Å². The second-order valence-electron chi connectivity index (χ2n) is 3.74. The van der Waals surface area contributed by atoms with E-state index in [0.29, 0.717) is 0 Å². The molecular weight excluding hydrogens is 269 g/mol. The highest BCUT2D eigenvalue weighted by Crippen LogP contribution is 2.33. The van der Waals surface area contributed by atoms with Crippen LogP contribution in [0.3, 0.4) is 0 Å². The summed E-state index contributed by atoms with van der Waals surface area (Å²) >= 11 is 0. The Balaban J connectivity index is 3.07. The molecule has 0 saturated carbocycles. The molecule has 0 aliphatic heterocycles. The molecule has 0 aliphatic carbocycles. The average Bonchev–Trinajstić information content (AvgIpc) is 2.18. The van der Waals surface area contributed by atoms with Gasteiger partial charge in [-0.1, -0.05) is 6.07 Å². The normalized spacial score (nSPS) is 12.5. The third-order valence-corrected chi connectivity index (χ3v) is 3.52. The number of hydrogen-bond acceptors (Lipinski definition) is 3. The SMILES string of the molecule is Cc1ccc(NS(=O)(=O)CCN)cc1C(F)(F)F. The summed E-state index contributed by atoms with van der Waals surface area (Å²) in [6.07, 6.45) is -4.51. The molecule has 0 atom stereocenters. The van der Waals surface area contributed by atoms with Crippen molar-refractivity contribution in [3.05, 3.63) is 29.3 Å². The fourth-order valence-electron chi connectivity index (χ4n) is 1.38. The number of nitrogens with two attached hydrogens (primary N) is 1. The van der Waals surface area contributed by atoms with Gasteiger partial charge in [-0.15, -0.1) is 0 Å². The van der Waals surface area contributed by atoms with Crippen molar-refractivity contribution in [1.82, 2.24) is 0 Å². The Morgan fingerprint density at radius 2 is 1.94 bits per heavy atom. The maximum Gasteiger partial charge on any atom is 0.416 e. The quantitative estimate of drug-likeness (QED) is 0.883. The summed E-state index contributed by atoms with van der Waals surface area (Å²) in [6, 6.07) is 3.26. The highest BCUT2D eigenvalue weighted by atomic mass is 32.2. The number of alkyl halides is 3. The molecule has 102 valence electrons. The van der Waals surface area contributed by atoms with E-state index in [1.807, 2.05) is 0 Å². The first kappa shape index (κ1) is 14.8. The van der Waals surface area contributed by atoms with Gasteiger partial charge in [0.1, 0.15) is 0 Å². The summed E-state index contributed by atoms with van der Waals surface area (Å²) in [6.45, 7) is 1.20. The molecule has 0 bridgehead atoms. The molecule has 0 unspecified atom stereocenters. The van der Waals surface area contributed by atoms with E-state index in [9.17, 15) is 21.6 Å². The number of aryl methyl sites for hydroxylation is 1. The average molecular weight is 282 g/mol. The molecule has 18 heavy (non-hydrogen) atoms. The molecule has 0 saturated heterocycles. The highest BCUT2D eigenvalue weighted by molar-refractivity contribution is 7.92. The van der Waals surface area contributed by atoms with Gasteiger partial charge in [0.2, 0.25) is 10.0 Å². The molecule has 0 heterocycles. The smallest absolute Gasteiger partial charge is 0.329 e. The molecule has 0 amide bonds. The van der Waals surface area contributed by atoms with Crippen LogP contribution in [0.4, 0.5) is 18.9 Å². The molecule has 0 aromatic heterocycles. The second-order valence-corrected chi connectivity index (χ2v) is 5.58. The fraction of sp³-hybridized carbons (Fsp3) is 0.400. The van der Waals surface area contributed by atoms with Gasteiger partial charge < -0.3 is 5.73 Å². The fourth-order valence-corrected chi connectivity index (χ4v) is 2.28. The predicted molar refractivity (Wildman–Crippen MR) is 62.6 cm³/mol. The Morgan fingerprint density at radius 1 is 1.33 bits per heavy atom. The first-order valence-electron chi connectivity index (χ1n) is 5.04. The largest absolute Gasteiger partial charge is 0.416 e. The number of halogens is 3. The summed E-state index contributed by atoms with van der Waals surface area (Å²) < 4.78 is 62.6. The zero-order chi connectivity index (χ0) is 14.0. The first-order chi connectivity index (χ1) is 8.15. The van der Waals surface area contributed by atoms with Gasteiger partial charge in [-0.3, -0.25) is 4.72 Å². The monoisotopic (exact) mass is 282 g/mol. The van der Waals surface area contributed by atoms with E-state index in [0.717, 1.165) is 6.07 Å².